The first-order valence-electron chi connectivity index (χ1n) is 5.93. The number of nitriles is 1. The van der Waals surface area contributed by atoms with Crippen molar-refractivity contribution in [3.05, 3.63) is 29.3 Å². The van der Waals surface area contributed by atoms with E-state index in [9.17, 15) is 14.4 Å². The molecule has 1 atom stereocenters. The van der Waals surface area contributed by atoms with Crippen molar-refractivity contribution in [2.24, 2.45) is 5.73 Å². The molecule has 0 radical (unpaired) electrons. The minimum Gasteiger partial charge on any atom is -0.480 e. The molecule has 8 heteroatoms. The van der Waals surface area contributed by atoms with Crippen molar-refractivity contribution in [1.82, 2.24) is 5.32 Å². The molecule has 0 aliphatic rings. The van der Waals surface area contributed by atoms with E-state index in [0.717, 1.165) is 0 Å². The standard InChI is InChI=1S/C13H14N4O4/c1-7-3-2-4-9(8(7)6-14)16-13(21)17-10(12(19)20)5-11(15)18/h2-4,10H,5H2,1H3,(H2,15,18)(H,19,20)(H2,16,17,21). The average molecular weight is 290 g/mol. The molecule has 1 aromatic rings. The number of carboxylic acid groups (broad SMARTS) is 1. The molecule has 0 aromatic heterocycles. The largest absolute Gasteiger partial charge is 0.480 e. The molecular formula is C13H14N4O4. The van der Waals surface area contributed by atoms with Gasteiger partial charge in [-0.3, -0.25) is 4.79 Å². The smallest absolute Gasteiger partial charge is 0.326 e. The van der Waals surface area contributed by atoms with Gasteiger partial charge in [0.05, 0.1) is 17.7 Å². The Kier molecular flexibility index (Phi) is 5.25. The number of benzene rings is 1. The molecule has 0 bridgehead atoms. The molecule has 1 aromatic carbocycles. The molecular weight excluding hydrogens is 276 g/mol. The molecule has 0 aliphatic carbocycles. The first kappa shape index (κ1) is 16.0. The predicted molar refractivity (Wildman–Crippen MR) is 73.3 cm³/mol. The zero-order valence-corrected chi connectivity index (χ0v) is 11.2. The van der Waals surface area contributed by atoms with Gasteiger partial charge in [-0.2, -0.15) is 5.26 Å². The molecule has 3 amide bonds. The van der Waals surface area contributed by atoms with Gasteiger partial charge in [-0.1, -0.05) is 12.1 Å². The first-order valence-corrected chi connectivity index (χ1v) is 5.93. The second-order valence-corrected chi connectivity index (χ2v) is 4.27. The number of carbonyl (C=O) groups is 3. The van der Waals surface area contributed by atoms with E-state index >= 15 is 0 Å². The van der Waals surface area contributed by atoms with Gasteiger partial charge in [0.2, 0.25) is 5.91 Å². The Morgan fingerprint density at radius 1 is 1.43 bits per heavy atom. The number of amides is 3. The maximum absolute atomic E-state index is 11.7. The summed E-state index contributed by atoms with van der Waals surface area (Å²) in [6.07, 6.45) is -0.526. The van der Waals surface area contributed by atoms with Crippen LogP contribution >= 0.6 is 0 Å². The molecule has 8 nitrogen and oxygen atoms in total. The molecule has 110 valence electrons. The van der Waals surface area contributed by atoms with E-state index < -0.39 is 30.4 Å². The Morgan fingerprint density at radius 2 is 2.10 bits per heavy atom. The van der Waals surface area contributed by atoms with Crippen molar-refractivity contribution in [3.63, 3.8) is 0 Å². The number of aryl methyl sites for hydroxylation is 1. The highest BCUT2D eigenvalue weighted by molar-refractivity contribution is 5.94. The Labute approximate surface area is 120 Å². The van der Waals surface area contributed by atoms with E-state index in [2.05, 4.69) is 10.6 Å². The summed E-state index contributed by atoms with van der Waals surface area (Å²) in [5, 5.41) is 22.4. The van der Waals surface area contributed by atoms with Crippen LogP contribution < -0.4 is 16.4 Å². The SMILES string of the molecule is Cc1cccc(NC(=O)NC(CC(N)=O)C(=O)O)c1C#N. The number of primary amides is 1. The van der Waals surface area contributed by atoms with Crippen molar-refractivity contribution in [2.75, 3.05) is 5.32 Å². The zero-order chi connectivity index (χ0) is 16.0. The number of carbonyl (C=O) groups excluding carboxylic acids is 2. The molecule has 1 rings (SSSR count). The molecule has 0 heterocycles. The van der Waals surface area contributed by atoms with Gasteiger partial charge < -0.3 is 21.5 Å². The summed E-state index contributed by atoms with van der Waals surface area (Å²) >= 11 is 0. The fraction of sp³-hybridized carbons (Fsp3) is 0.231. The van der Waals surface area contributed by atoms with Crippen LogP contribution in [0.2, 0.25) is 0 Å². The maximum Gasteiger partial charge on any atom is 0.326 e. The third-order valence-electron chi connectivity index (χ3n) is 2.64. The molecule has 21 heavy (non-hydrogen) atoms. The summed E-state index contributed by atoms with van der Waals surface area (Å²) in [6.45, 7) is 1.70. The normalized spacial score (nSPS) is 11.0. The fourth-order valence-corrected chi connectivity index (χ4v) is 1.64. The van der Waals surface area contributed by atoms with E-state index in [4.69, 9.17) is 16.1 Å². The topological polar surface area (TPSA) is 145 Å². The third-order valence-corrected chi connectivity index (χ3v) is 2.64. The van der Waals surface area contributed by atoms with Gasteiger partial charge in [0, 0.05) is 0 Å². The van der Waals surface area contributed by atoms with Crippen molar-refractivity contribution in [3.8, 4) is 6.07 Å². The van der Waals surface area contributed by atoms with Crippen molar-refractivity contribution in [1.29, 1.82) is 5.26 Å². The molecule has 1 unspecified atom stereocenters. The number of carboxylic acids is 1. The minimum atomic E-state index is -1.43. The van der Waals surface area contributed by atoms with Crippen LogP contribution in [0.5, 0.6) is 0 Å². The first-order chi connectivity index (χ1) is 9.85. The predicted octanol–water partition coefficient (Wildman–Crippen LogP) is 0.317. The highest BCUT2D eigenvalue weighted by Gasteiger charge is 2.22. The molecule has 0 spiro atoms. The number of aliphatic carboxylic acids is 1. The molecule has 0 fully saturated rings. The Balaban J connectivity index is 2.82. The number of hydrogen-bond acceptors (Lipinski definition) is 4. The van der Waals surface area contributed by atoms with Crippen LogP contribution in [0.1, 0.15) is 17.5 Å². The Bertz CT molecular complexity index is 621. The van der Waals surface area contributed by atoms with Crippen LogP contribution in [0.15, 0.2) is 18.2 Å². The van der Waals surface area contributed by atoms with Crippen molar-refractivity contribution in [2.45, 2.75) is 19.4 Å². The van der Waals surface area contributed by atoms with Gasteiger partial charge in [0.25, 0.3) is 0 Å². The van der Waals surface area contributed by atoms with Crippen molar-refractivity contribution < 1.29 is 19.5 Å². The molecule has 0 saturated heterocycles. The number of nitrogens with two attached hydrogens (primary N) is 1. The van der Waals surface area contributed by atoms with Gasteiger partial charge in [-0.05, 0) is 18.6 Å². The van der Waals surface area contributed by atoms with Crippen LogP contribution in [0.25, 0.3) is 0 Å². The number of rotatable bonds is 5. The summed E-state index contributed by atoms with van der Waals surface area (Å²) in [5.74, 6) is -2.23. The lowest BCUT2D eigenvalue weighted by Crippen LogP contribution is -2.45. The molecule has 5 N–H and O–H groups in total. The van der Waals surface area contributed by atoms with Gasteiger partial charge in [0.1, 0.15) is 12.1 Å². The summed E-state index contributed by atoms with van der Waals surface area (Å²) < 4.78 is 0. The Morgan fingerprint density at radius 3 is 2.62 bits per heavy atom. The highest BCUT2D eigenvalue weighted by Crippen LogP contribution is 2.18. The second kappa shape index (κ2) is 6.91. The van der Waals surface area contributed by atoms with Crippen molar-refractivity contribution >= 4 is 23.6 Å². The van der Waals surface area contributed by atoms with Gasteiger partial charge in [0.15, 0.2) is 0 Å². The minimum absolute atomic E-state index is 0.248. The van der Waals surface area contributed by atoms with Crippen LogP contribution in [-0.2, 0) is 9.59 Å². The average Bonchev–Trinajstić information content (AvgIpc) is 2.37. The van der Waals surface area contributed by atoms with E-state index in [1.807, 2.05) is 6.07 Å². The Hall–Kier alpha value is -3.08. The number of anilines is 1. The van der Waals surface area contributed by atoms with Gasteiger partial charge in [-0.25, -0.2) is 9.59 Å². The molecule has 0 aliphatic heterocycles. The van der Waals surface area contributed by atoms with Gasteiger partial charge >= 0.3 is 12.0 Å². The number of hydrogen-bond donors (Lipinski definition) is 4. The third kappa shape index (κ3) is 4.50. The van der Waals surface area contributed by atoms with E-state index in [1.165, 1.54) is 6.07 Å². The lowest BCUT2D eigenvalue weighted by Gasteiger charge is -2.14. The number of nitrogens with zero attached hydrogens (tertiary/aromatic N) is 1. The van der Waals surface area contributed by atoms with Crippen LogP contribution in [0, 0.1) is 18.3 Å². The van der Waals surface area contributed by atoms with E-state index in [-0.39, 0.29) is 11.3 Å². The summed E-state index contributed by atoms with van der Waals surface area (Å²) in [5.41, 5.74) is 6.10. The lowest BCUT2D eigenvalue weighted by atomic mass is 10.1. The maximum atomic E-state index is 11.7. The summed E-state index contributed by atoms with van der Waals surface area (Å²) in [7, 11) is 0. The quantitative estimate of drug-likeness (QED) is 0.616. The monoisotopic (exact) mass is 290 g/mol. The van der Waals surface area contributed by atoms with Crippen LogP contribution in [0.3, 0.4) is 0 Å². The number of nitrogens with one attached hydrogen (secondary N) is 2. The molecule has 0 saturated carbocycles. The summed E-state index contributed by atoms with van der Waals surface area (Å²) in [4.78, 5) is 33.4. The zero-order valence-electron chi connectivity index (χ0n) is 11.2. The lowest BCUT2D eigenvalue weighted by molar-refractivity contribution is -0.140. The second-order valence-electron chi connectivity index (χ2n) is 4.27. The number of urea groups is 1. The van der Waals surface area contributed by atoms with Gasteiger partial charge in [-0.15, -0.1) is 0 Å². The van der Waals surface area contributed by atoms with Crippen LogP contribution in [-0.4, -0.2) is 29.1 Å². The summed E-state index contributed by atoms with van der Waals surface area (Å²) in [6, 6.07) is 4.52. The van der Waals surface area contributed by atoms with E-state index in [0.29, 0.717) is 5.56 Å². The fourth-order valence-electron chi connectivity index (χ4n) is 1.64. The van der Waals surface area contributed by atoms with Crippen LogP contribution in [0.4, 0.5) is 10.5 Å². The highest BCUT2D eigenvalue weighted by atomic mass is 16.4. The van der Waals surface area contributed by atoms with E-state index in [1.54, 1.807) is 19.1 Å².